The summed E-state index contributed by atoms with van der Waals surface area (Å²) < 4.78 is 30.4. The predicted octanol–water partition coefficient (Wildman–Crippen LogP) is 4.92. The lowest BCUT2D eigenvalue weighted by Gasteiger charge is -2.14. The second-order valence-electron chi connectivity index (χ2n) is 6.24. The summed E-state index contributed by atoms with van der Waals surface area (Å²) in [4.78, 5) is 7.87. The van der Waals surface area contributed by atoms with E-state index < -0.39 is 9.84 Å². The summed E-state index contributed by atoms with van der Waals surface area (Å²) in [7, 11) is -1.80. The van der Waals surface area contributed by atoms with Crippen LogP contribution in [0.4, 0.5) is 11.4 Å². The van der Waals surface area contributed by atoms with Crippen molar-refractivity contribution in [3.8, 4) is 5.75 Å². The number of hydrogen-bond acceptors (Lipinski definition) is 5. The zero-order valence-electron chi connectivity index (χ0n) is 15.3. The number of aromatic nitrogens is 2. The van der Waals surface area contributed by atoms with Gasteiger partial charge in [0.25, 0.3) is 0 Å². The molecule has 0 aliphatic heterocycles. The lowest BCUT2D eigenvalue weighted by molar-refractivity contribution is 0.419. The number of nitrogens with zero attached hydrogens (tertiary/aromatic N) is 1. The normalized spacial score (nSPS) is 11.8. The lowest BCUT2D eigenvalue weighted by atomic mass is 10.1. The minimum atomic E-state index is -3.40. The minimum Gasteiger partial charge on any atom is -0.495 e. The Morgan fingerprint density at radius 2 is 1.96 bits per heavy atom. The van der Waals surface area contributed by atoms with Gasteiger partial charge in [0.1, 0.15) is 11.4 Å². The van der Waals surface area contributed by atoms with Crippen LogP contribution in [0.3, 0.4) is 0 Å². The Kier molecular flexibility index (Phi) is 4.64. The highest BCUT2D eigenvalue weighted by atomic mass is 35.5. The number of nitrogens with one attached hydrogen (secondary N) is 2. The van der Waals surface area contributed by atoms with Crippen LogP contribution in [0.1, 0.15) is 6.92 Å². The fraction of sp³-hybridized carbons (Fsp3) is 0.150. The zero-order valence-corrected chi connectivity index (χ0v) is 16.9. The first-order valence-corrected chi connectivity index (χ1v) is 10.7. The van der Waals surface area contributed by atoms with E-state index in [4.69, 9.17) is 16.3 Å². The van der Waals surface area contributed by atoms with E-state index in [1.54, 1.807) is 38.3 Å². The molecule has 6 nitrogen and oxygen atoms in total. The largest absolute Gasteiger partial charge is 0.495 e. The Bertz CT molecular complexity index is 1300. The number of fused-ring (bicyclic) bond motifs is 3. The second kappa shape index (κ2) is 7.00. The quantitative estimate of drug-likeness (QED) is 0.483. The van der Waals surface area contributed by atoms with E-state index in [2.05, 4.69) is 15.3 Å². The summed E-state index contributed by atoms with van der Waals surface area (Å²) in [5.41, 5.74) is 2.48. The molecular weight excluding hydrogens is 398 g/mol. The average molecular weight is 416 g/mol. The van der Waals surface area contributed by atoms with Gasteiger partial charge in [-0.15, -0.1) is 0 Å². The molecule has 2 aromatic heterocycles. The van der Waals surface area contributed by atoms with Crippen molar-refractivity contribution < 1.29 is 13.2 Å². The molecule has 0 unspecified atom stereocenters. The van der Waals surface area contributed by atoms with Gasteiger partial charge in [0, 0.05) is 5.39 Å². The van der Waals surface area contributed by atoms with E-state index in [1.807, 2.05) is 18.2 Å². The lowest BCUT2D eigenvalue weighted by Crippen LogP contribution is -2.07. The molecule has 0 bridgehead atoms. The number of halogens is 1. The van der Waals surface area contributed by atoms with Crippen LogP contribution < -0.4 is 10.1 Å². The van der Waals surface area contributed by atoms with E-state index in [9.17, 15) is 8.42 Å². The summed E-state index contributed by atoms with van der Waals surface area (Å²) in [5.74, 6) is 0.696. The van der Waals surface area contributed by atoms with Gasteiger partial charge in [-0.1, -0.05) is 42.8 Å². The zero-order chi connectivity index (χ0) is 19.9. The fourth-order valence-electron chi connectivity index (χ4n) is 3.26. The molecule has 0 aliphatic carbocycles. The van der Waals surface area contributed by atoms with Gasteiger partial charge in [0.15, 0.2) is 9.84 Å². The monoisotopic (exact) mass is 415 g/mol. The summed E-state index contributed by atoms with van der Waals surface area (Å²) >= 11 is 6.46. The summed E-state index contributed by atoms with van der Waals surface area (Å²) in [6.07, 6.45) is 1.53. The molecule has 28 heavy (non-hydrogen) atoms. The molecule has 0 fully saturated rings. The van der Waals surface area contributed by atoms with Crippen LogP contribution in [-0.4, -0.2) is 31.2 Å². The Morgan fingerprint density at radius 3 is 2.71 bits per heavy atom. The first-order chi connectivity index (χ1) is 13.5. The third-order valence-corrected chi connectivity index (χ3v) is 6.73. The molecule has 2 heterocycles. The van der Waals surface area contributed by atoms with Gasteiger partial charge >= 0.3 is 0 Å². The number of sulfone groups is 1. The first kappa shape index (κ1) is 18.6. The molecule has 0 spiro atoms. The molecule has 2 N–H and O–H groups in total. The number of methoxy groups -OCH3 is 1. The Hall–Kier alpha value is -2.77. The molecular formula is C20H18ClN3O3S. The fourth-order valence-corrected chi connectivity index (χ4v) is 4.50. The molecule has 0 radical (unpaired) electrons. The van der Waals surface area contributed by atoms with Gasteiger partial charge in [-0.2, -0.15) is 0 Å². The Morgan fingerprint density at radius 1 is 1.18 bits per heavy atom. The molecule has 0 aliphatic rings. The highest BCUT2D eigenvalue weighted by Gasteiger charge is 2.20. The Labute approximate surface area is 167 Å². The highest BCUT2D eigenvalue weighted by Crippen LogP contribution is 2.40. The maximum Gasteiger partial charge on any atom is 0.180 e. The first-order valence-electron chi connectivity index (χ1n) is 8.68. The number of anilines is 2. The third kappa shape index (κ3) is 2.96. The van der Waals surface area contributed by atoms with E-state index >= 15 is 0 Å². The molecule has 0 saturated heterocycles. The van der Waals surface area contributed by atoms with Gasteiger partial charge in [-0.05, 0) is 18.2 Å². The van der Waals surface area contributed by atoms with Crippen LogP contribution in [0, 0.1) is 0 Å². The average Bonchev–Trinajstić information content (AvgIpc) is 3.09. The molecule has 0 amide bonds. The van der Waals surface area contributed by atoms with Gasteiger partial charge in [-0.3, -0.25) is 0 Å². The Balaban J connectivity index is 1.97. The summed E-state index contributed by atoms with van der Waals surface area (Å²) in [6, 6.07) is 12.5. The summed E-state index contributed by atoms with van der Waals surface area (Å²) in [6.45, 7) is 1.62. The number of ether oxygens (including phenoxy) is 1. The van der Waals surface area contributed by atoms with E-state index in [-0.39, 0.29) is 10.6 Å². The predicted molar refractivity (Wildman–Crippen MR) is 113 cm³/mol. The van der Waals surface area contributed by atoms with E-state index in [0.29, 0.717) is 27.8 Å². The van der Waals surface area contributed by atoms with Gasteiger partial charge in [0.2, 0.25) is 0 Å². The number of pyridine rings is 1. The molecule has 4 rings (SSSR count). The maximum absolute atomic E-state index is 12.5. The number of rotatable bonds is 5. The number of para-hydroxylation sites is 2. The van der Waals surface area contributed by atoms with Crippen molar-refractivity contribution >= 4 is 54.7 Å². The standard InChI is InChI=1S/C20H18ClN3O3S/c1-3-28(25,26)16-10-5-4-8-14(16)23-19-13(21)11-22-20-17(19)12-7-6-9-15(27-2)18(12)24-20/h4-11H,3H2,1-2H3,(H2,22,23,24). The molecule has 4 aromatic rings. The highest BCUT2D eigenvalue weighted by molar-refractivity contribution is 7.91. The van der Waals surface area contributed by atoms with Crippen molar-refractivity contribution in [1.82, 2.24) is 9.97 Å². The number of H-pyrrole nitrogens is 1. The van der Waals surface area contributed by atoms with E-state index in [0.717, 1.165) is 16.3 Å². The number of aromatic amines is 1. The van der Waals surface area contributed by atoms with E-state index in [1.165, 1.54) is 6.20 Å². The maximum atomic E-state index is 12.5. The van der Waals surface area contributed by atoms with Crippen LogP contribution in [0.5, 0.6) is 5.75 Å². The van der Waals surface area contributed by atoms with Crippen molar-refractivity contribution in [2.45, 2.75) is 11.8 Å². The van der Waals surface area contributed by atoms with Crippen LogP contribution in [0.2, 0.25) is 5.02 Å². The topological polar surface area (TPSA) is 84.1 Å². The molecule has 8 heteroatoms. The van der Waals surface area contributed by atoms with Crippen LogP contribution in [0.25, 0.3) is 21.9 Å². The second-order valence-corrected chi connectivity index (χ2v) is 8.89. The van der Waals surface area contributed by atoms with Crippen molar-refractivity contribution in [1.29, 1.82) is 0 Å². The van der Waals surface area contributed by atoms with Gasteiger partial charge in [0.05, 0.1) is 51.3 Å². The molecule has 2 aromatic carbocycles. The summed E-state index contributed by atoms with van der Waals surface area (Å²) in [5, 5.41) is 5.26. The third-order valence-electron chi connectivity index (χ3n) is 4.65. The van der Waals surface area contributed by atoms with Crippen molar-refractivity contribution in [3.05, 3.63) is 53.7 Å². The number of benzene rings is 2. The van der Waals surface area contributed by atoms with Crippen LogP contribution in [-0.2, 0) is 9.84 Å². The van der Waals surface area contributed by atoms with Gasteiger partial charge < -0.3 is 15.0 Å². The molecule has 0 saturated carbocycles. The van der Waals surface area contributed by atoms with Crippen molar-refractivity contribution in [3.63, 3.8) is 0 Å². The SMILES string of the molecule is CCS(=O)(=O)c1ccccc1Nc1c(Cl)cnc2[nH]c3c(OC)cccc3c12. The molecule has 144 valence electrons. The van der Waals surface area contributed by atoms with Crippen LogP contribution in [0.15, 0.2) is 53.6 Å². The van der Waals surface area contributed by atoms with Gasteiger partial charge in [-0.25, -0.2) is 13.4 Å². The minimum absolute atomic E-state index is 0.00939. The van der Waals surface area contributed by atoms with Crippen molar-refractivity contribution in [2.75, 3.05) is 18.2 Å². The van der Waals surface area contributed by atoms with Crippen molar-refractivity contribution in [2.24, 2.45) is 0 Å². The smallest absolute Gasteiger partial charge is 0.180 e. The number of hydrogen-bond donors (Lipinski definition) is 2. The van der Waals surface area contributed by atoms with Crippen LogP contribution >= 0.6 is 11.6 Å². The molecule has 0 atom stereocenters.